The van der Waals surface area contributed by atoms with Crippen LogP contribution in [-0.2, 0) is 0 Å². The molecule has 0 rings (SSSR count). The Kier molecular flexibility index (Phi) is 7.62. The van der Waals surface area contributed by atoms with Crippen molar-refractivity contribution in [3.63, 3.8) is 0 Å². The van der Waals surface area contributed by atoms with Crippen molar-refractivity contribution >= 4 is 0 Å². The first-order valence-electron chi connectivity index (χ1n) is 6.53. The molecule has 0 fully saturated rings. The van der Waals surface area contributed by atoms with Gasteiger partial charge >= 0.3 is 6.18 Å². The number of rotatable bonds is 8. The highest BCUT2D eigenvalue weighted by molar-refractivity contribution is 5.22. The van der Waals surface area contributed by atoms with E-state index in [0.29, 0.717) is 19.5 Å². The minimum atomic E-state index is -4.30. The minimum Gasteiger partial charge on any atom is -0.318 e. The summed E-state index contributed by atoms with van der Waals surface area (Å²) in [5.41, 5.74) is -1.61. The predicted octanol–water partition coefficient (Wildman–Crippen LogP) is 2.06. The van der Waals surface area contributed by atoms with Crippen LogP contribution in [0, 0.1) is 0 Å². The first-order valence-corrected chi connectivity index (χ1v) is 6.53. The highest BCUT2D eigenvalue weighted by atomic mass is 19.4. The van der Waals surface area contributed by atoms with Crippen molar-refractivity contribution in [3.8, 4) is 0 Å². The average molecular weight is 281 g/mol. The lowest BCUT2D eigenvalue weighted by molar-refractivity contribution is -0.101. The molecule has 114 valence electrons. The van der Waals surface area contributed by atoms with Gasteiger partial charge < -0.3 is 16.0 Å². The van der Waals surface area contributed by atoms with Crippen molar-refractivity contribution < 1.29 is 13.2 Å². The van der Waals surface area contributed by atoms with Crippen molar-refractivity contribution in [1.29, 1.82) is 0 Å². The van der Waals surface area contributed by atoms with E-state index >= 15 is 0 Å². The van der Waals surface area contributed by atoms with Gasteiger partial charge in [0.15, 0.2) is 0 Å². The second kappa shape index (κ2) is 7.87. The zero-order valence-electron chi connectivity index (χ0n) is 12.4. The second-order valence-electron chi connectivity index (χ2n) is 5.07. The standard InChI is InChI=1S/C13H26F3N3/c1-6-7-11(13(14,15)16)12(2,3)19-9-10(18-5)8-17-4/h7,10,17-19H,6,8-9H2,1-5H3/b11-7+. The van der Waals surface area contributed by atoms with Crippen LogP contribution in [0.15, 0.2) is 11.6 Å². The Hall–Kier alpha value is -0.590. The van der Waals surface area contributed by atoms with Crippen molar-refractivity contribution in [2.45, 2.75) is 44.9 Å². The van der Waals surface area contributed by atoms with Gasteiger partial charge in [-0.05, 0) is 34.4 Å². The van der Waals surface area contributed by atoms with Crippen LogP contribution in [0.5, 0.6) is 0 Å². The molecule has 0 bridgehead atoms. The van der Waals surface area contributed by atoms with Crippen molar-refractivity contribution in [2.24, 2.45) is 0 Å². The van der Waals surface area contributed by atoms with Gasteiger partial charge in [-0.15, -0.1) is 0 Å². The molecular weight excluding hydrogens is 255 g/mol. The molecule has 3 nitrogen and oxygen atoms in total. The molecule has 0 aliphatic carbocycles. The largest absolute Gasteiger partial charge is 0.414 e. The molecular formula is C13H26F3N3. The molecule has 3 N–H and O–H groups in total. The van der Waals surface area contributed by atoms with Gasteiger partial charge in [-0.1, -0.05) is 13.0 Å². The Balaban J connectivity index is 4.79. The SMILES string of the molecule is CC/C=C(/C(F)(F)F)C(C)(C)NCC(CNC)NC. The Bertz CT molecular complexity index is 285. The monoisotopic (exact) mass is 281 g/mol. The summed E-state index contributed by atoms with van der Waals surface area (Å²) in [5, 5.41) is 9.06. The minimum absolute atomic E-state index is 0.0837. The van der Waals surface area contributed by atoms with E-state index in [9.17, 15) is 13.2 Å². The molecule has 0 radical (unpaired) electrons. The van der Waals surface area contributed by atoms with E-state index in [-0.39, 0.29) is 6.04 Å². The van der Waals surface area contributed by atoms with E-state index in [1.54, 1.807) is 27.8 Å². The lowest BCUT2D eigenvalue weighted by Crippen LogP contribution is -2.52. The third-order valence-corrected chi connectivity index (χ3v) is 3.04. The van der Waals surface area contributed by atoms with Crippen LogP contribution in [0.3, 0.4) is 0 Å². The molecule has 1 atom stereocenters. The highest BCUT2D eigenvalue weighted by Crippen LogP contribution is 2.34. The molecule has 0 aromatic heterocycles. The van der Waals surface area contributed by atoms with Crippen LogP contribution in [0.4, 0.5) is 13.2 Å². The van der Waals surface area contributed by atoms with Crippen LogP contribution in [0.25, 0.3) is 0 Å². The molecule has 0 saturated heterocycles. The number of halogens is 3. The van der Waals surface area contributed by atoms with Crippen LogP contribution >= 0.6 is 0 Å². The molecule has 0 saturated carbocycles. The summed E-state index contributed by atoms with van der Waals surface area (Å²) >= 11 is 0. The van der Waals surface area contributed by atoms with Gasteiger partial charge in [0, 0.05) is 30.2 Å². The van der Waals surface area contributed by atoms with Gasteiger partial charge in [0.1, 0.15) is 0 Å². The topological polar surface area (TPSA) is 36.1 Å². The maximum absolute atomic E-state index is 13.0. The lowest BCUT2D eigenvalue weighted by Gasteiger charge is -2.33. The summed E-state index contributed by atoms with van der Waals surface area (Å²) in [5.74, 6) is 0. The second-order valence-corrected chi connectivity index (χ2v) is 5.07. The molecule has 0 aromatic rings. The third-order valence-electron chi connectivity index (χ3n) is 3.04. The first kappa shape index (κ1) is 18.4. The van der Waals surface area contributed by atoms with Crippen LogP contribution in [0.1, 0.15) is 27.2 Å². The van der Waals surface area contributed by atoms with Crippen molar-refractivity contribution in [2.75, 3.05) is 27.2 Å². The van der Waals surface area contributed by atoms with Crippen LogP contribution in [0.2, 0.25) is 0 Å². The van der Waals surface area contributed by atoms with E-state index in [0.717, 1.165) is 0 Å². The quantitative estimate of drug-likeness (QED) is 0.596. The Labute approximate surface area is 114 Å². The number of nitrogens with one attached hydrogen (secondary N) is 3. The fourth-order valence-corrected chi connectivity index (χ4v) is 1.93. The van der Waals surface area contributed by atoms with E-state index < -0.39 is 17.3 Å². The molecule has 0 aromatic carbocycles. The molecule has 0 amide bonds. The van der Waals surface area contributed by atoms with Gasteiger partial charge in [0.2, 0.25) is 0 Å². The number of hydrogen-bond donors (Lipinski definition) is 3. The number of hydrogen-bond acceptors (Lipinski definition) is 3. The number of alkyl halides is 3. The van der Waals surface area contributed by atoms with Crippen LogP contribution < -0.4 is 16.0 Å². The molecule has 6 heteroatoms. The van der Waals surface area contributed by atoms with Gasteiger partial charge in [-0.25, -0.2) is 0 Å². The maximum atomic E-state index is 13.0. The van der Waals surface area contributed by atoms with Crippen LogP contribution in [-0.4, -0.2) is 44.9 Å². The summed E-state index contributed by atoms with van der Waals surface area (Å²) in [6, 6.07) is 0.0837. The molecule has 0 aliphatic rings. The highest BCUT2D eigenvalue weighted by Gasteiger charge is 2.42. The van der Waals surface area contributed by atoms with Crippen molar-refractivity contribution in [1.82, 2.24) is 16.0 Å². The fraction of sp³-hybridized carbons (Fsp3) is 0.846. The Morgan fingerprint density at radius 1 is 1.16 bits per heavy atom. The molecule has 0 aliphatic heterocycles. The zero-order valence-corrected chi connectivity index (χ0v) is 12.4. The molecule has 19 heavy (non-hydrogen) atoms. The summed E-state index contributed by atoms with van der Waals surface area (Å²) in [7, 11) is 3.61. The van der Waals surface area contributed by atoms with E-state index in [4.69, 9.17) is 0 Å². The summed E-state index contributed by atoms with van der Waals surface area (Å²) < 4.78 is 39.1. The van der Waals surface area contributed by atoms with E-state index in [2.05, 4.69) is 16.0 Å². The third kappa shape index (κ3) is 6.40. The summed E-state index contributed by atoms with van der Waals surface area (Å²) in [6.45, 7) is 5.99. The average Bonchev–Trinajstić information content (AvgIpc) is 2.29. The first-order chi connectivity index (χ1) is 8.69. The number of likely N-dealkylation sites (N-methyl/N-ethyl adjacent to an activating group) is 2. The summed E-state index contributed by atoms with van der Waals surface area (Å²) in [6.07, 6.45) is -2.68. The smallest absolute Gasteiger partial charge is 0.318 e. The van der Waals surface area contributed by atoms with E-state index in [1.165, 1.54) is 6.08 Å². The zero-order chi connectivity index (χ0) is 15.1. The summed E-state index contributed by atoms with van der Waals surface area (Å²) in [4.78, 5) is 0. The normalized spacial score (nSPS) is 15.7. The molecule has 0 spiro atoms. The molecule has 1 unspecified atom stereocenters. The molecule has 0 heterocycles. The fourth-order valence-electron chi connectivity index (χ4n) is 1.93. The van der Waals surface area contributed by atoms with Gasteiger partial charge in [0.05, 0.1) is 0 Å². The maximum Gasteiger partial charge on any atom is 0.414 e. The van der Waals surface area contributed by atoms with Gasteiger partial charge in [0.25, 0.3) is 0 Å². The van der Waals surface area contributed by atoms with E-state index in [1.807, 2.05) is 7.05 Å². The van der Waals surface area contributed by atoms with Gasteiger partial charge in [-0.3, -0.25) is 0 Å². The van der Waals surface area contributed by atoms with Crippen molar-refractivity contribution in [3.05, 3.63) is 11.6 Å². The lowest BCUT2D eigenvalue weighted by atomic mass is 9.92. The Morgan fingerprint density at radius 2 is 1.74 bits per heavy atom. The van der Waals surface area contributed by atoms with Gasteiger partial charge in [-0.2, -0.15) is 13.2 Å². The number of allylic oxidation sites excluding steroid dienone is 1. The Morgan fingerprint density at radius 3 is 2.11 bits per heavy atom. The predicted molar refractivity (Wildman–Crippen MR) is 73.3 cm³/mol.